The molecule has 2 aromatic carbocycles. The number of nitro groups is 1. The third kappa shape index (κ3) is 4.57. The Morgan fingerprint density at radius 2 is 1.86 bits per heavy atom. The Kier molecular flexibility index (Phi) is 6.18. The Balaban J connectivity index is 1.79. The molecule has 0 saturated heterocycles. The monoisotopic (exact) mass is 396 g/mol. The maximum absolute atomic E-state index is 12.7. The molecule has 9 nitrogen and oxygen atoms in total. The highest BCUT2D eigenvalue weighted by Crippen LogP contribution is 2.27. The maximum atomic E-state index is 12.7. The third-order valence-electron chi connectivity index (χ3n) is 4.33. The fraction of sp³-hybridized carbons (Fsp3) is 0.250. The lowest BCUT2D eigenvalue weighted by atomic mass is 10.1. The van der Waals surface area contributed by atoms with E-state index in [1.165, 1.54) is 12.1 Å². The number of carbonyl (C=O) groups is 1. The molecule has 0 aliphatic carbocycles. The highest BCUT2D eigenvalue weighted by Gasteiger charge is 2.21. The van der Waals surface area contributed by atoms with Crippen molar-refractivity contribution in [2.45, 2.75) is 20.5 Å². The number of hydrogen-bond donors (Lipinski definition) is 0. The fourth-order valence-corrected chi connectivity index (χ4v) is 2.86. The number of benzene rings is 2. The molecule has 0 N–H and O–H groups in total. The molecule has 0 amide bonds. The zero-order valence-electron chi connectivity index (χ0n) is 16.1. The molecule has 0 unspecified atom stereocenters. The largest absolute Gasteiger partial charge is 0.452 e. The third-order valence-corrected chi connectivity index (χ3v) is 4.33. The summed E-state index contributed by atoms with van der Waals surface area (Å²) in [5.41, 5.74) is 1.25. The van der Waals surface area contributed by atoms with Gasteiger partial charge in [-0.25, -0.2) is 4.79 Å². The normalized spacial score (nSPS) is 10.6. The topological polar surface area (TPSA) is 112 Å². The Bertz CT molecular complexity index is 999. The fourth-order valence-electron chi connectivity index (χ4n) is 2.86. The van der Waals surface area contributed by atoms with Gasteiger partial charge in [0, 0.05) is 30.8 Å². The second kappa shape index (κ2) is 8.96. The number of esters is 1. The van der Waals surface area contributed by atoms with Crippen LogP contribution < -0.4 is 4.90 Å². The van der Waals surface area contributed by atoms with E-state index < -0.39 is 10.9 Å². The van der Waals surface area contributed by atoms with Crippen molar-refractivity contribution in [3.05, 3.63) is 70.1 Å². The molecule has 1 aromatic heterocycles. The first-order valence-electron chi connectivity index (χ1n) is 9.11. The minimum Gasteiger partial charge on any atom is -0.452 e. The lowest BCUT2D eigenvalue weighted by Gasteiger charge is -2.23. The van der Waals surface area contributed by atoms with Gasteiger partial charge < -0.3 is 14.1 Å². The summed E-state index contributed by atoms with van der Waals surface area (Å²) in [6.45, 7) is 4.91. The number of aromatic nitrogens is 2. The molecule has 3 rings (SSSR count). The van der Waals surface area contributed by atoms with Gasteiger partial charge in [0.25, 0.3) is 11.6 Å². The number of rotatable bonds is 8. The van der Waals surface area contributed by atoms with Crippen LogP contribution in [0.4, 0.5) is 11.4 Å². The van der Waals surface area contributed by atoms with Crippen molar-refractivity contribution in [2.75, 3.05) is 18.0 Å². The number of non-ortho nitro benzene ring substituents is 1. The Labute approximate surface area is 167 Å². The van der Waals surface area contributed by atoms with Crippen LogP contribution in [-0.2, 0) is 11.3 Å². The highest BCUT2D eigenvalue weighted by atomic mass is 16.6. The van der Waals surface area contributed by atoms with Crippen molar-refractivity contribution in [1.29, 1.82) is 0 Å². The van der Waals surface area contributed by atoms with Crippen LogP contribution in [0.25, 0.3) is 11.5 Å². The molecule has 0 bridgehead atoms. The molecule has 0 atom stereocenters. The first-order valence-corrected chi connectivity index (χ1v) is 9.11. The minimum atomic E-state index is -0.699. The number of anilines is 1. The number of hydrogen-bond acceptors (Lipinski definition) is 8. The van der Waals surface area contributed by atoms with E-state index in [0.717, 1.165) is 5.56 Å². The average Bonchev–Trinajstić information content (AvgIpc) is 3.22. The summed E-state index contributed by atoms with van der Waals surface area (Å²) in [6.07, 6.45) is 0. The summed E-state index contributed by atoms with van der Waals surface area (Å²) in [5, 5.41) is 18.9. The van der Waals surface area contributed by atoms with Crippen LogP contribution in [0.15, 0.2) is 52.9 Å². The molecule has 9 heteroatoms. The van der Waals surface area contributed by atoms with Crippen LogP contribution in [0.1, 0.15) is 30.1 Å². The van der Waals surface area contributed by atoms with Crippen molar-refractivity contribution in [2.24, 2.45) is 0 Å². The van der Waals surface area contributed by atoms with Crippen molar-refractivity contribution in [3.63, 3.8) is 0 Å². The van der Waals surface area contributed by atoms with Gasteiger partial charge in [-0.05, 0) is 32.0 Å². The zero-order valence-corrected chi connectivity index (χ0v) is 16.1. The van der Waals surface area contributed by atoms with E-state index in [-0.39, 0.29) is 23.7 Å². The summed E-state index contributed by atoms with van der Waals surface area (Å²) in [7, 11) is 0. The van der Waals surface area contributed by atoms with Gasteiger partial charge in [-0.3, -0.25) is 10.1 Å². The van der Waals surface area contributed by atoms with E-state index in [2.05, 4.69) is 10.2 Å². The number of carbonyl (C=O) groups excluding carboxylic acids is 1. The summed E-state index contributed by atoms with van der Waals surface area (Å²) in [6, 6.07) is 13.4. The summed E-state index contributed by atoms with van der Waals surface area (Å²) < 4.78 is 10.8. The number of nitro benzene ring substituents is 1. The lowest BCUT2D eigenvalue weighted by molar-refractivity contribution is -0.384. The van der Waals surface area contributed by atoms with Gasteiger partial charge in [0.2, 0.25) is 5.89 Å². The van der Waals surface area contributed by atoms with Crippen LogP contribution in [0.5, 0.6) is 0 Å². The summed E-state index contributed by atoms with van der Waals surface area (Å²) >= 11 is 0. The minimum absolute atomic E-state index is 0.116. The standard InChI is InChI=1S/C20H20N4O5/c1-3-23(4-2)17-11-10-15(24(26)27)12-16(17)20(25)28-13-18-21-22-19(29-18)14-8-6-5-7-9-14/h5-12H,3-4,13H2,1-2H3. The molecule has 0 fully saturated rings. The van der Waals surface area contributed by atoms with Crippen molar-refractivity contribution in [1.82, 2.24) is 10.2 Å². The molecule has 0 saturated carbocycles. The van der Waals surface area contributed by atoms with Gasteiger partial charge in [0.15, 0.2) is 6.61 Å². The number of ether oxygens (including phenoxy) is 1. The smallest absolute Gasteiger partial charge is 0.341 e. The molecule has 1 heterocycles. The first-order chi connectivity index (χ1) is 14.0. The molecule has 29 heavy (non-hydrogen) atoms. The van der Waals surface area contributed by atoms with Gasteiger partial charge in [-0.1, -0.05) is 18.2 Å². The van der Waals surface area contributed by atoms with Crippen LogP contribution in [0.2, 0.25) is 0 Å². The quantitative estimate of drug-likeness (QED) is 0.321. The zero-order chi connectivity index (χ0) is 20.8. The highest BCUT2D eigenvalue weighted by molar-refractivity contribution is 5.96. The Hall–Kier alpha value is -3.75. The Morgan fingerprint density at radius 3 is 2.52 bits per heavy atom. The maximum Gasteiger partial charge on any atom is 0.341 e. The van der Waals surface area contributed by atoms with Gasteiger partial charge in [-0.15, -0.1) is 10.2 Å². The van der Waals surface area contributed by atoms with Crippen molar-refractivity contribution < 1.29 is 18.9 Å². The summed E-state index contributed by atoms with van der Waals surface area (Å²) in [4.78, 5) is 25.2. The van der Waals surface area contributed by atoms with Gasteiger partial charge in [-0.2, -0.15) is 0 Å². The number of nitrogens with zero attached hydrogens (tertiary/aromatic N) is 4. The molecular weight excluding hydrogens is 376 g/mol. The van der Waals surface area contributed by atoms with Crippen LogP contribution in [-0.4, -0.2) is 34.2 Å². The van der Waals surface area contributed by atoms with Crippen LogP contribution in [0.3, 0.4) is 0 Å². The van der Waals surface area contributed by atoms with E-state index in [9.17, 15) is 14.9 Å². The van der Waals surface area contributed by atoms with Crippen LogP contribution in [0, 0.1) is 10.1 Å². The van der Waals surface area contributed by atoms with Gasteiger partial charge in [0.1, 0.15) is 0 Å². The Morgan fingerprint density at radius 1 is 1.14 bits per heavy atom. The molecule has 0 radical (unpaired) electrons. The second-order valence-corrected chi connectivity index (χ2v) is 6.07. The first kappa shape index (κ1) is 20.0. The molecule has 0 spiro atoms. The van der Waals surface area contributed by atoms with E-state index in [4.69, 9.17) is 9.15 Å². The predicted molar refractivity (Wildman–Crippen MR) is 106 cm³/mol. The molecule has 150 valence electrons. The van der Waals surface area contributed by atoms with Crippen molar-refractivity contribution >= 4 is 17.3 Å². The summed E-state index contributed by atoms with van der Waals surface area (Å²) in [5.74, 6) is -0.252. The average molecular weight is 396 g/mol. The van der Waals surface area contributed by atoms with Gasteiger partial charge >= 0.3 is 5.97 Å². The second-order valence-electron chi connectivity index (χ2n) is 6.07. The molecule has 0 aliphatic heterocycles. The van der Waals surface area contributed by atoms with Crippen LogP contribution >= 0.6 is 0 Å². The molecule has 0 aliphatic rings. The van der Waals surface area contributed by atoms with Gasteiger partial charge in [0.05, 0.1) is 16.2 Å². The predicted octanol–water partition coefficient (Wildman–Crippen LogP) is 3.85. The SMILES string of the molecule is CCN(CC)c1ccc([N+](=O)[O-])cc1C(=O)OCc1nnc(-c2ccccc2)o1. The van der Waals surface area contributed by atoms with E-state index >= 15 is 0 Å². The van der Waals surface area contributed by atoms with Crippen molar-refractivity contribution in [3.8, 4) is 11.5 Å². The molecular formula is C20H20N4O5. The van der Waals surface area contributed by atoms with E-state index in [1.807, 2.05) is 49.1 Å². The van der Waals surface area contributed by atoms with E-state index in [1.54, 1.807) is 6.07 Å². The lowest BCUT2D eigenvalue weighted by Crippen LogP contribution is -2.24. The molecule has 3 aromatic rings. The van der Waals surface area contributed by atoms with E-state index in [0.29, 0.717) is 24.7 Å².